The van der Waals surface area contributed by atoms with E-state index in [4.69, 9.17) is 11.6 Å². The first-order valence-corrected chi connectivity index (χ1v) is 11.4. The highest BCUT2D eigenvalue weighted by atomic mass is 35.5. The summed E-state index contributed by atoms with van der Waals surface area (Å²) >= 11 is 6.18. The molecule has 0 saturated carbocycles. The Labute approximate surface area is 189 Å². The molecule has 0 amide bonds. The number of carbonyl (C=O) groups is 1. The van der Waals surface area contributed by atoms with E-state index in [0.717, 1.165) is 11.6 Å². The molecule has 0 spiro atoms. The number of aromatic carboxylic acids is 1. The first kappa shape index (κ1) is 21.9. The molecule has 0 aliphatic carbocycles. The van der Waals surface area contributed by atoms with Gasteiger partial charge in [-0.1, -0.05) is 35.4 Å². The van der Waals surface area contributed by atoms with Crippen LogP contribution in [-0.2, 0) is 9.84 Å². The number of carboxylic acid groups (broad SMARTS) is 1. The predicted molar refractivity (Wildman–Crippen MR) is 120 cm³/mol. The van der Waals surface area contributed by atoms with E-state index in [1.54, 1.807) is 37.4 Å². The van der Waals surface area contributed by atoms with Crippen LogP contribution in [0.4, 0.5) is 10.1 Å². The number of hydrogen-bond acceptors (Lipinski definition) is 5. The van der Waals surface area contributed by atoms with E-state index in [2.05, 4.69) is 10.3 Å². The number of nitrogens with zero attached hydrogens (tertiary/aromatic N) is 1. The first-order chi connectivity index (χ1) is 15.1. The Morgan fingerprint density at radius 3 is 2.56 bits per heavy atom. The molecule has 1 aliphatic heterocycles. The van der Waals surface area contributed by atoms with Crippen LogP contribution in [0.3, 0.4) is 0 Å². The molecular weight excluding hydrogens is 457 g/mol. The third kappa shape index (κ3) is 3.74. The summed E-state index contributed by atoms with van der Waals surface area (Å²) in [6.07, 6.45) is 1.53. The molecular formula is C22H19ClFN3O4S. The van der Waals surface area contributed by atoms with Gasteiger partial charge in [0.2, 0.25) is 9.84 Å². The first-order valence-electron chi connectivity index (χ1n) is 9.51. The molecule has 0 bridgehead atoms. The second-order valence-electron chi connectivity index (χ2n) is 7.46. The lowest BCUT2D eigenvalue weighted by atomic mass is 10.1. The van der Waals surface area contributed by atoms with E-state index in [9.17, 15) is 22.7 Å². The molecule has 166 valence electrons. The highest BCUT2D eigenvalue weighted by Crippen LogP contribution is 2.41. The summed E-state index contributed by atoms with van der Waals surface area (Å²) in [5.74, 6) is -2.32. The molecule has 0 saturated heterocycles. The van der Waals surface area contributed by atoms with Gasteiger partial charge in [-0.15, -0.1) is 0 Å². The molecule has 1 unspecified atom stereocenters. The van der Waals surface area contributed by atoms with Crippen molar-refractivity contribution in [3.63, 3.8) is 0 Å². The molecule has 10 heteroatoms. The van der Waals surface area contributed by atoms with E-state index < -0.39 is 32.6 Å². The predicted octanol–water partition coefficient (Wildman–Crippen LogP) is 4.64. The van der Waals surface area contributed by atoms with E-state index in [-0.39, 0.29) is 15.7 Å². The van der Waals surface area contributed by atoms with Gasteiger partial charge in [0.1, 0.15) is 16.5 Å². The van der Waals surface area contributed by atoms with Crippen molar-refractivity contribution in [1.82, 2.24) is 9.88 Å². The maximum Gasteiger partial charge on any atom is 0.340 e. The van der Waals surface area contributed by atoms with Crippen molar-refractivity contribution in [3.8, 4) is 0 Å². The summed E-state index contributed by atoms with van der Waals surface area (Å²) in [6, 6.07) is 11.9. The largest absolute Gasteiger partial charge is 0.478 e. The molecule has 2 heterocycles. The number of aromatic amines is 1. The summed E-state index contributed by atoms with van der Waals surface area (Å²) in [5, 5.41) is 11.4. The number of carboxylic acids is 1. The number of fused-ring (bicyclic) bond motifs is 1. The van der Waals surface area contributed by atoms with Crippen LogP contribution in [0.15, 0.2) is 59.6 Å². The van der Waals surface area contributed by atoms with Gasteiger partial charge in [-0.25, -0.2) is 17.6 Å². The zero-order valence-electron chi connectivity index (χ0n) is 17.1. The lowest BCUT2D eigenvalue weighted by molar-refractivity contribution is 0.0693. The van der Waals surface area contributed by atoms with Crippen molar-refractivity contribution in [1.29, 1.82) is 0 Å². The second kappa shape index (κ2) is 7.99. The fourth-order valence-corrected chi connectivity index (χ4v) is 5.70. The van der Waals surface area contributed by atoms with E-state index in [1.165, 1.54) is 23.2 Å². The highest BCUT2D eigenvalue weighted by molar-refractivity contribution is 7.91. The fraction of sp³-hybridized carbons (Fsp3) is 0.136. The van der Waals surface area contributed by atoms with Crippen LogP contribution in [0.5, 0.6) is 0 Å². The molecule has 3 aromatic rings. The quantitative estimate of drug-likeness (QED) is 0.496. The van der Waals surface area contributed by atoms with Gasteiger partial charge in [-0.3, -0.25) is 0 Å². The minimum absolute atomic E-state index is 0.0280. The number of sulfone groups is 1. The van der Waals surface area contributed by atoms with E-state index in [0.29, 0.717) is 17.0 Å². The topological polar surface area (TPSA) is 102 Å². The number of aryl methyl sites for hydroxylation is 1. The maximum absolute atomic E-state index is 14.1. The lowest BCUT2D eigenvalue weighted by Crippen LogP contribution is -2.32. The number of anilines is 1. The number of benzene rings is 2. The average Bonchev–Trinajstić information content (AvgIpc) is 3.09. The Morgan fingerprint density at radius 1 is 1.22 bits per heavy atom. The summed E-state index contributed by atoms with van der Waals surface area (Å²) in [6.45, 7) is 1.87. The zero-order valence-corrected chi connectivity index (χ0v) is 18.6. The van der Waals surface area contributed by atoms with Gasteiger partial charge in [-0.2, -0.15) is 0 Å². The summed E-state index contributed by atoms with van der Waals surface area (Å²) in [5.41, 5.74) is 1.56. The average molecular weight is 476 g/mol. The third-order valence-corrected chi connectivity index (χ3v) is 7.48. The Morgan fingerprint density at radius 2 is 1.91 bits per heavy atom. The van der Waals surface area contributed by atoms with Gasteiger partial charge in [0.15, 0.2) is 5.37 Å². The molecule has 1 aromatic heterocycles. The lowest BCUT2D eigenvalue weighted by Gasteiger charge is -2.32. The van der Waals surface area contributed by atoms with Crippen LogP contribution < -0.4 is 5.32 Å². The standard InChI is InChI=1S/C22H19ClFN3O4S/c1-12-6-8-13(9-7-12)32(30,31)21-20-14(10-18(23)26-20)17(11-27(21)2)25-16-5-3-4-15(24)19(16)22(28)29/h3-11,21,25-26H,1-2H3,(H,28,29). The number of halogens is 2. The third-order valence-electron chi connectivity index (χ3n) is 5.20. The fourth-order valence-electron chi connectivity index (χ4n) is 3.72. The van der Waals surface area contributed by atoms with E-state index >= 15 is 0 Å². The van der Waals surface area contributed by atoms with Gasteiger partial charge in [-0.05, 0) is 37.3 Å². The SMILES string of the molecule is Cc1ccc(S(=O)(=O)C2c3[nH]c(Cl)cc3C(Nc3cccc(F)c3C(=O)O)=CN2C)cc1. The minimum Gasteiger partial charge on any atom is -0.478 e. The Balaban J connectivity index is 1.80. The van der Waals surface area contributed by atoms with Crippen LogP contribution in [0.2, 0.25) is 5.15 Å². The van der Waals surface area contributed by atoms with Gasteiger partial charge in [0.05, 0.1) is 22.0 Å². The van der Waals surface area contributed by atoms with Crippen LogP contribution >= 0.6 is 11.6 Å². The van der Waals surface area contributed by atoms with Gasteiger partial charge in [0.25, 0.3) is 0 Å². The minimum atomic E-state index is -3.84. The van der Waals surface area contributed by atoms with Crippen LogP contribution in [0.25, 0.3) is 5.70 Å². The van der Waals surface area contributed by atoms with E-state index in [1.807, 2.05) is 6.92 Å². The van der Waals surface area contributed by atoms with Gasteiger partial charge < -0.3 is 20.3 Å². The molecule has 1 atom stereocenters. The Bertz CT molecular complexity index is 1350. The molecule has 0 fully saturated rings. The van der Waals surface area contributed by atoms with Crippen LogP contribution in [0, 0.1) is 12.7 Å². The van der Waals surface area contributed by atoms with Crippen LogP contribution in [-0.4, -0.2) is 36.4 Å². The maximum atomic E-state index is 14.1. The van der Waals surface area contributed by atoms with Crippen molar-refractivity contribution in [3.05, 3.63) is 88.1 Å². The van der Waals surface area contributed by atoms with Crippen molar-refractivity contribution in [2.45, 2.75) is 17.2 Å². The summed E-state index contributed by atoms with van der Waals surface area (Å²) in [4.78, 5) is 16.1. The van der Waals surface area contributed by atoms with Crippen molar-refractivity contribution < 1.29 is 22.7 Å². The van der Waals surface area contributed by atoms with Crippen LogP contribution in [0.1, 0.15) is 32.6 Å². The number of aromatic nitrogens is 1. The highest BCUT2D eigenvalue weighted by Gasteiger charge is 2.38. The molecule has 3 N–H and O–H groups in total. The molecule has 0 radical (unpaired) electrons. The Kier molecular flexibility index (Phi) is 5.47. The number of H-pyrrole nitrogens is 1. The second-order valence-corrected chi connectivity index (χ2v) is 9.87. The molecule has 7 nitrogen and oxygen atoms in total. The number of rotatable bonds is 5. The van der Waals surface area contributed by atoms with Crippen molar-refractivity contribution in [2.24, 2.45) is 0 Å². The Hall–Kier alpha value is -3.30. The summed E-state index contributed by atoms with van der Waals surface area (Å²) in [7, 11) is -2.26. The van der Waals surface area contributed by atoms with Gasteiger partial charge >= 0.3 is 5.97 Å². The number of hydrogen-bond donors (Lipinski definition) is 3. The smallest absolute Gasteiger partial charge is 0.340 e. The monoisotopic (exact) mass is 475 g/mol. The van der Waals surface area contributed by atoms with Crippen molar-refractivity contribution >= 4 is 38.8 Å². The molecule has 2 aromatic carbocycles. The zero-order chi connectivity index (χ0) is 23.2. The molecule has 32 heavy (non-hydrogen) atoms. The normalized spacial score (nSPS) is 15.8. The van der Waals surface area contributed by atoms with Gasteiger partial charge in [0, 0.05) is 18.8 Å². The molecule has 4 rings (SSSR count). The van der Waals surface area contributed by atoms with Crippen molar-refractivity contribution in [2.75, 3.05) is 12.4 Å². The number of nitrogens with one attached hydrogen (secondary N) is 2. The molecule has 1 aliphatic rings. The summed E-state index contributed by atoms with van der Waals surface area (Å²) < 4.78 is 41.0.